The molecule has 16 heavy (non-hydrogen) atoms. The Bertz CT molecular complexity index is 396. The van der Waals surface area contributed by atoms with Gasteiger partial charge in [0.1, 0.15) is 0 Å². The van der Waals surface area contributed by atoms with Crippen LogP contribution < -0.4 is 0 Å². The van der Waals surface area contributed by atoms with Gasteiger partial charge in [-0.25, -0.2) is 4.79 Å². The van der Waals surface area contributed by atoms with E-state index in [4.69, 9.17) is 5.11 Å². The summed E-state index contributed by atoms with van der Waals surface area (Å²) in [5.41, 5.74) is 1.29. The molecule has 0 spiro atoms. The van der Waals surface area contributed by atoms with Crippen LogP contribution >= 0.6 is 0 Å². The van der Waals surface area contributed by atoms with Crippen LogP contribution in [0.3, 0.4) is 0 Å². The SMILES string of the molecule is C=CN(C=NC)Cc1ccc(C(=O)O)cc1. The molecule has 0 bridgehead atoms. The highest BCUT2D eigenvalue weighted by Crippen LogP contribution is 2.07. The number of carboxylic acids is 1. The third-order valence-corrected chi connectivity index (χ3v) is 2.06. The fourth-order valence-corrected chi connectivity index (χ4v) is 1.26. The van der Waals surface area contributed by atoms with Crippen LogP contribution in [-0.2, 0) is 6.54 Å². The molecule has 0 radical (unpaired) electrons. The van der Waals surface area contributed by atoms with Gasteiger partial charge < -0.3 is 10.0 Å². The van der Waals surface area contributed by atoms with E-state index < -0.39 is 5.97 Å². The first-order valence-electron chi connectivity index (χ1n) is 4.80. The number of aromatic carboxylic acids is 1. The molecule has 0 aromatic heterocycles. The molecule has 0 heterocycles. The van der Waals surface area contributed by atoms with Crippen molar-refractivity contribution < 1.29 is 9.90 Å². The first-order chi connectivity index (χ1) is 7.67. The number of carbonyl (C=O) groups is 1. The van der Waals surface area contributed by atoms with Gasteiger partial charge in [0.05, 0.1) is 11.9 Å². The molecule has 0 aliphatic rings. The third kappa shape index (κ3) is 3.24. The summed E-state index contributed by atoms with van der Waals surface area (Å²) >= 11 is 0. The summed E-state index contributed by atoms with van der Waals surface area (Å²) in [5, 5.41) is 8.74. The highest BCUT2D eigenvalue weighted by molar-refractivity contribution is 5.87. The Kier molecular flexibility index (Phi) is 4.27. The van der Waals surface area contributed by atoms with Crippen LogP contribution in [0.5, 0.6) is 0 Å². The van der Waals surface area contributed by atoms with Crippen molar-refractivity contribution in [3.63, 3.8) is 0 Å². The smallest absolute Gasteiger partial charge is 0.335 e. The third-order valence-electron chi connectivity index (χ3n) is 2.06. The van der Waals surface area contributed by atoms with Gasteiger partial charge >= 0.3 is 5.97 Å². The first kappa shape index (κ1) is 12.0. The maximum Gasteiger partial charge on any atom is 0.335 e. The van der Waals surface area contributed by atoms with Gasteiger partial charge in [0.15, 0.2) is 0 Å². The van der Waals surface area contributed by atoms with Gasteiger partial charge in [0.25, 0.3) is 0 Å². The van der Waals surface area contributed by atoms with Crippen molar-refractivity contribution in [2.75, 3.05) is 7.05 Å². The summed E-state index contributed by atoms with van der Waals surface area (Å²) in [6.07, 6.45) is 3.33. The number of hydrogen-bond donors (Lipinski definition) is 1. The maximum atomic E-state index is 10.6. The Morgan fingerprint density at radius 1 is 1.50 bits per heavy atom. The van der Waals surface area contributed by atoms with E-state index in [-0.39, 0.29) is 5.56 Å². The predicted molar refractivity (Wildman–Crippen MR) is 63.6 cm³/mol. The van der Waals surface area contributed by atoms with E-state index in [1.807, 2.05) is 4.90 Å². The van der Waals surface area contributed by atoms with Crippen LogP contribution in [0.15, 0.2) is 42.0 Å². The molecule has 84 valence electrons. The fourth-order valence-electron chi connectivity index (χ4n) is 1.26. The quantitative estimate of drug-likeness (QED) is 0.607. The topological polar surface area (TPSA) is 52.9 Å². The summed E-state index contributed by atoms with van der Waals surface area (Å²) in [6.45, 7) is 4.29. The Balaban J connectivity index is 2.74. The molecular formula is C12H14N2O2. The van der Waals surface area contributed by atoms with Crippen molar-refractivity contribution in [2.45, 2.75) is 6.54 Å². The number of nitrogens with zero attached hydrogens (tertiary/aromatic N) is 2. The number of rotatable bonds is 5. The largest absolute Gasteiger partial charge is 0.478 e. The maximum absolute atomic E-state index is 10.6. The monoisotopic (exact) mass is 218 g/mol. The molecule has 0 aliphatic carbocycles. The number of hydrogen-bond acceptors (Lipinski definition) is 2. The molecule has 1 aromatic carbocycles. The van der Waals surface area contributed by atoms with Crippen molar-refractivity contribution in [1.82, 2.24) is 4.90 Å². The van der Waals surface area contributed by atoms with Crippen LogP contribution in [-0.4, -0.2) is 29.4 Å². The lowest BCUT2D eigenvalue weighted by Crippen LogP contribution is -2.13. The van der Waals surface area contributed by atoms with Crippen molar-refractivity contribution >= 4 is 12.3 Å². The van der Waals surface area contributed by atoms with E-state index in [1.54, 1.807) is 43.9 Å². The summed E-state index contributed by atoms with van der Waals surface area (Å²) in [5.74, 6) is -0.915. The van der Waals surface area contributed by atoms with Gasteiger partial charge in [0.2, 0.25) is 0 Å². The van der Waals surface area contributed by atoms with Gasteiger partial charge in [0, 0.05) is 13.6 Å². The molecular weight excluding hydrogens is 204 g/mol. The Morgan fingerprint density at radius 3 is 2.56 bits per heavy atom. The summed E-state index contributed by atoms with van der Waals surface area (Å²) in [6, 6.07) is 6.73. The van der Waals surface area contributed by atoms with E-state index in [0.29, 0.717) is 6.54 Å². The number of aliphatic imine (C=N–C) groups is 1. The number of benzene rings is 1. The lowest BCUT2D eigenvalue weighted by atomic mass is 10.1. The van der Waals surface area contributed by atoms with E-state index >= 15 is 0 Å². The predicted octanol–water partition coefficient (Wildman–Crippen LogP) is 1.99. The van der Waals surface area contributed by atoms with Gasteiger partial charge in [-0.05, 0) is 23.9 Å². The van der Waals surface area contributed by atoms with Gasteiger partial charge in [-0.2, -0.15) is 0 Å². The van der Waals surface area contributed by atoms with Crippen molar-refractivity contribution in [2.24, 2.45) is 4.99 Å². The normalized spacial score (nSPS) is 10.3. The zero-order valence-corrected chi connectivity index (χ0v) is 9.13. The van der Waals surface area contributed by atoms with E-state index in [1.165, 1.54) is 0 Å². The van der Waals surface area contributed by atoms with Crippen molar-refractivity contribution in [1.29, 1.82) is 0 Å². The minimum atomic E-state index is -0.915. The molecule has 1 aromatic rings. The average Bonchev–Trinajstić information content (AvgIpc) is 2.29. The lowest BCUT2D eigenvalue weighted by molar-refractivity contribution is 0.0697. The second-order valence-corrected chi connectivity index (χ2v) is 3.23. The van der Waals surface area contributed by atoms with E-state index in [9.17, 15) is 4.79 Å². The van der Waals surface area contributed by atoms with Crippen molar-refractivity contribution in [3.8, 4) is 0 Å². The highest BCUT2D eigenvalue weighted by atomic mass is 16.4. The second-order valence-electron chi connectivity index (χ2n) is 3.23. The molecule has 0 saturated heterocycles. The van der Waals surface area contributed by atoms with Gasteiger partial charge in [-0.15, -0.1) is 0 Å². The fraction of sp³-hybridized carbons (Fsp3) is 0.167. The zero-order valence-electron chi connectivity index (χ0n) is 9.13. The Labute approximate surface area is 94.5 Å². The number of carboxylic acid groups (broad SMARTS) is 1. The lowest BCUT2D eigenvalue weighted by Gasteiger charge is -2.13. The molecule has 0 unspecified atom stereocenters. The molecule has 0 saturated carbocycles. The van der Waals surface area contributed by atoms with Crippen LogP contribution in [0.2, 0.25) is 0 Å². The van der Waals surface area contributed by atoms with Crippen LogP contribution in [0.25, 0.3) is 0 Å². The first-order valence-corrected chi connectivity index (χ1v) is 4.80. The Hall–Kier alpha value is -2.10. The summed E-state index contributed by atoms with van der Waals surface area (Å²) in [7, 11) is 1.68. The molecule has 0 fully saturated rings. The minimum Gasteiger partial charge on any atom is -0.478 e. The highest BCUT2D eigenvalue weighted by Gasteiger charge is 2.02. The van der Waals surface area contributed by atoms with Crippen LogP contribution in [0.4, 0.5) is 0 Å². The Morgan fingerprint density at radius 2 is 2.12 bits per heavy atom. The summed E-state index contributed by atoms with van der Waals surface area (Å²) in [4.78, 5) is 16.3. The van der Waals surface area contributed by atoms with Crippen LogP contribution in [0, 0.1) is 0 Å². The van der Waals surface area contributed by atoms with Gasteiger partial charge in [-0.1, -0.05) is 18.7 Å². The molecule has 1 N–H and O–H groups in total. The molecule has 0 atom stereocenters. The standard InChI is InChI=1S/C12H14N2O2/c1-3-14(9-13-2)8-10-4-6-11(7-5-10)12(15)16/h3-7,9H,1,8H2,2H3,(H,15,16). The molecule has 4 heteroatoms. The van der Waals surface area contributed by atoms with E-state index in [2.05, 4.69) is 11.6 Å². The zero-order chi connectivity index (χ0) is 12.0. The van der Waals surface area contributed by atoms with E-state index in [0.717, 1.165) is 5.56 Å². The van der Waals surface area contributed by atoms with Gasteiger partial charge in [-0.3, -0.25) is 4.99 Å². The molecule has 4 nitrogen and oxygen atoms in total. The molecule has 0 amide bonds. The molecule has 0 aliphatic heterocycles. The van der Waals surface area contributed by atoms with Crippen LogP contribution in [0.1, 0.15) is 15.9 Å². The molecule has 1 rings (SSSR count). The average molecular weight is 218 g/mol. The van der Waals surface area contributed by atoms with Crippen molar-refractivity contribution in [3.05, 3.63) is 48.2 Å². The summed E-state index contributed by atoms with van der Waals surface area (Å²) < 4.78 is 0. The second kappa shape index (κ2) is 5.70. The minimum absolute atomic E-state index is 0.290.